The van der Waals surface area contributed by atoms with E-state index in [1.807, 2.05) is 60.3 Å². The number of aromatic nitrogens is 4. The number of nitrogens with one attached hydrogen (secondary N) is 4. The Morgan fingerprint density at radius 2 is 1.24 bits per heavy atom. The van der Waals surface area contributed by atoms with Gasteiger partial charge in [0.1, 0.15) is 23.7 Å². The number of hydrogen-bond acceptors (Lipinski definition) is 8. The fraction of sp³-hybridized carbons (Fsp3) is 0.388. The molecule has 5 atom stereocenters. The lowest BCUT2D eigenvalue weighted by atomic mass is 9.91. The number of H-pyrrole nitrogens is 2. The van der Waals surface area contributed by atoms with Crippen LogP contribution in [0.4, 0.5) is 9.59 Å². The van der Waals surface area contributed by atoms with Crippen molar-refractivity contribution in [1.29, 1.82) is 0 Å². The SMILES string of the molecule is CCC(CC)C(NC(=O)OC)C(=O)N1CCCC1c1ncc(-c2ccc3cc(-c4ccc(-c5cnc(C6CCCN6C(=O)C(NC(=O)OC)C6C=CC=CC6)[nH]5)cc4)ccc3c2)[nH]1. The zero-order chi connectivity index (χ0) is 44.0. The molecule has 0 radical (unpaired) electrons. The van der Waals surface area contributed by atoms with Crippen LogP contribution in [0.25, 0.3) is 44.4 Å². The van der Waals surface area contributed by atoms with Crippen LogP contribution in [0.5, 0.6) is 0 Å². The third-order valence-corrected chi connectivity index (χ3v) is 13.0. The van der Waals surface area contributed by atoms with E-state index in [1.54, 1.807) is 0 Å². The Bertz CT molecular complexity index is 2500. The summed E-state index contributed by atoms with van der Waals surface area (Å²) in [5.74, 6) is 1.04. The first-order valence-electron chi connectivity index (χ1n) is 22.1. The molecular formula is C49H56N8O6. The average molecular weight is 853 g/mol. The Hall–Kier alpha value is -6.70. The standard InChI is InChI=1S/C49H56N8O6/c1-5-30(6-2)42(54-48(60)62-3)46(58)56-24-10-15-41(56)45-51-29-39(53-45)37-23-22-35-26-34(20-21-36(35)27-37)31-16-18-32(19-17-31)38-28-50-44(52-38)40-14-11-25-57(40)47(59)43(55-49(61)63-4)33-12-8-7-9-13-33/h7-9,12,16-23,26-30,33,40-43H,5-6,10-11,13-15,24-25H2,1-4H3,(H,50,52)(H,51,53)(H,54,60)(H,55,61). The van der Waals surface area contributed by atoms with Gasteiger partial charge in [-0.05, 0) is 77.6 Å². The summed E-state index contributed by atoms with van der Waals surface area (Å²) >= 11 is 0. The van der Waals surface area contributed by atoms with Crippen molar-refractivity contribution in [1.82, 2.24) is 40.4 Å². The highest BCUT2D eigenvalue weighted by Crippen LogP contribution is 2.36. The van der Waals surface area contributed by atoms with Gasteiger partial charge in [-0.25, -0.2) is 19.6 Å². The number of ether oxygens (including phenoxy) is 2. The molecule has 2 saturated heterocycles. The van der Waals surface area contributed by atoms with Gasteiger partial charge in [0.25, 0.3) is 0 Å². The number of fused-ring (bicyclic) bond motifs is 1. The molecule has 2 fully saturated rings. The van der Waals surface area contributed by atoms with E-state index in [1.165, 1.54) is 14.2 Å². The van der Waals surface area contributed by atoms with Gasteiger partial charge in [0.05, 0.1) is 50.1 Å². The maximum absolute atomic E-state index is 14.0. The molecule has 5 unspecified atom stereocenters. The molecule has 4 heterocycles. The van der Waals surface area contributed by atoms with E-state index in [0.717, 1.165) is 94.6 Å². The fourth-order valence-corrected chi connectivity index (χ4v) is 9.44. The van der Waals surface area contributed by atoms with Crippen LogP contribution in [0.3, 0.4) is 0 Å². The van der Waals surface area contributed by atoms with Crippen LogP contribution in [0.2, 0.25) is 0 Å². The fourth-order valence-electron chi connectivity index (χ4n) is 9.44. The smallest absolute Gasteiger partial charge is 0.407 e. The number of alkyl carbamates (subject to hydrolysis) is 2. The summed E-state index contributed by atoms with van der Waals surface area (Å²) in [6, 6.07) is 19.3. The lowest BCUT2D eigenvalue weighted by Gasteiger charge is -2.31. The molecule has 328 valence electrons. The predicted molar refractivity (Wildman–Crippen MR) is 241 cm³/mol. The summed E-state index contributed by atoms with van der Waals surface area (Å²) in [6.07, 6.45) is 15.7. The van der Waals surface area contributed by atoms with Crippen molar-refractivity contribution in [2.75, 3.05) is 27.3 Å². The van der Waals surface area contributed by atoms with Crippen molar-refractivity contribution in [3.05, 3.63) is 109 Å². The van der Waals surface area contributed by atoms with Gasteiger partial charge in [-0.1, -0.05) is 99.5 Å². The van der Waals surface area contributed by atoms with Crippen LogP contribution in [0, 0.1) is 11.8 Å². The van der Waals surface area contributed by atoms with Crippen LogP contribution in [-0.4, -0.2) is 93.1 Å². The van der Waals surface area contributed by atoms with Gasteiger partial charge in [-0.3, -0.25) is 9.59 Å². The molecule has 63 heavy (non-hydrogen) atoms. The molecule has 14 nitrogen and oxygen atoms in total. The zero-order valence-electron chi connectivity index (χ0n) is 36.3. The van der Waals surface area contributed by atoms with Gasteiger partial charge in [-0.2, -0.15) is 0 Å². The number of benzene rings is 3. The van der Waals surface area contributed by atoms with Crippen molar-refractivity contribution >= 4 is 34.8 Å². The predicted octanol–water partition coefficient (Wildman–Crippen LogP) is 8.63. The maximum Gasteiger partial charge on any atom is 0.407 e. The topological polar surface area (TPSA) is 175 Å². The van der Waals surface area contributed by atoms with E-state index in [0.29, 0.717) is 19.5 Å². The van der Waals surface area contributed by atoms with Gasteiger partial charge in [0.2, 0.25) is 11.8 Å². The number of rotatable bonds is 13. The summed E-state index contributed by atoms with van der Waals surface area (Å²) in [5, 5.41) is 7.79. The van der Waals surface area contributed by atoms with Gasteiger partial charge < -0.3 is 39.9 Å². The number of nitrogens with zero attached hydrogens (tertiary/aromatic N) is 4. The molecule has 3 aromatic carbocycles. The van der Waals surface area contributed by atoms with E-state index in [4.69, 9.17) is 19.4 Å². The number of aromatic amines is 2. The van der Waals surface area contributed by atoms with Crippen molar-refractivity contribution in [3.63, 3.8) is 0 Å². The minimum atomic E-state index is -0.742. The largest absolute Gasteiger partial charge is 0.453 e. The second-order valence-electron chi connectivity index (χ2n) is 16.6. The molecular weight excluding hydrogens is 797 g/mol. The van der Waals surface area contributed by atoms with E-state index < -0.39 is 24.3 Å². The van der Waals surface area contributed by atoms with E-state index in [2.05, 4.69) is 81.3 Å². The second-order valence-corrected chi connectivity index (χ2v) is 16.6. The lowest BCUT2D eigenvalue weighted by Crippen LogP contribution is -2.52. The molecule has 4 N–H and O–H groups in total. The van der Waals surface area contributed by atoms with Crippen LogP contribution in [-0.2, 0) is 19.1 Å². The molecule has 3 aliphatic rings. The van der Waals surface area contributed by atoms with Crippen LogP contribution < -0.4 is 10.6 Å². The Kier molecular flexibility index (Phi) is 13.1. The second kappa shape index (κ2) is 19.1. The Labute approximate surface area is 367 Å². The van der Waals surface area contributed by atoms with Gasteiger partial charge in [-0.15, -0.1) is 0 Å². The Morgan fingerprint density at radius 1 is 0.698 bits per heavy atom. The molecule has 4 amide bonds. The number of carbonyl (C=O) groups is 4. The minimum absolute atomic E-state index is 0.00499. The number of imidazole rings is 2. The maximum atomic E-state index is 14.0. The molecule has 14 heteroatoms. The first-order valence-corrected chi connectivity index (χ1v) is 22.1. The van der Waals surface area contributed by atoms with Crippen molar-refractivity contribution < 1.29 is 28.7 Å². The summed E-state index contributed by atoms with van der Waals surface area (Å²) in [5.41, 5.74) is 5.89. The number of hydrogen-bond donors (Lipinski definition) is 4. The van der Waals surface area contributed by atoms with Gasteiger partial charge in [0.15, 0.2) is 0 Å². The summed E-state index contributed by atoms with van der Waals surface area (Å²) in [6.45, 7) is 5.25. The van der Waals surface area contributed by atoms with Crippen LogP contribution in [0.1, 0.15) is 82.5 Å². The summed E-state index contributed by atoms with van der Waals surface area (Å²) in [7, 11) is 2.62. The molecule has 0 saturated carbocycles. The molecule has 2 aliphatic heterocycles. The third kappa shape index (κ3) is 9.11. The minimum Gasteiger partial charge on any atom is -0.453 e. The van der Waals surface area contributed by atoms with E-state index >= 15 is 0 Å². The number of amides is 4. The highest BCUT2D eigenvalue weighted by Gasteiger charge is 2.40. The average Bonchev–Trinajstić information content (AvgIpc) is 4.18. The molecule has 2 aromatic heterocycles. The first-order chi connectivity index (χ1) is 30.7. The highest BCUT2D eigenvalue weighted by molar-refractivity contribution is 5.91. The highest BCUT2D eigenvalue weighted by atomic mass is 16.5. The number of likely N-dealkylation sites (tertiary alicyclic amines) is 2. The number of methoxy groups -OCH3 is 2. The molecule has 0 spiro atoms. The van der Waals surface area contributed by atoms with Gasteiger partial charge in [0, 0.05) is 24.6 Å². The molecule has 0 bridgehead atoms. The zero-order valence-corrected chi connectivity index (χ0v) is 36.3. The molecule has 1 aliphatic carbocycles. The Morgan fingerprint density at radius 3 is 1.83 bits per heavy atom. The van der Waals surface area contributed by atoms with E-state index in [9.17, 15) is 19.2 Å². The molecule has 5 aromatic rings. The van der Waals surface area contributed by atoms with Crippen molar-refractivity contribution in [3.8, 4) is 33.6 Å². The first kappa shape index (κ1) is 43.0. The monoisotopic (exact) mass is 852 g/mol. The van der Waals surface area contributed by atoms with E-state index in [-0.39, 0.29) is 35.7 Å². The van der Waals surface area contributed by atoms with Crippen molar-refractivity contribution in [2.24, 2.45) is 11.8 Å². The van der Waals surface area contributed by atoms with Gasteiger partial charge >= 0.3 is 12.2 Å². The third-order valence-electron chi connectivity index (χ3n) is 13.0. The summed E-state index contributed by atoms with van der Waals surface area (Å²) in [4.78, 5) is 72.6. The lowest BCUT2D eigenvalue weighted by molar-refractivity contribution is -0.136. The number of carbonyl (C=O) groups excluding carboxylic acids is 4. The normalized spacial score (nSPS) is 19.3. The van der Waals surface area contributed by atoms with Crippen LogP contribution in [0.15, 0.2) is 97.4 Å². The van der Waals surface area contributed by atoms with Crippen molar-refractivity contribution in [2.45, 2.75) is 83.0 Å². The Balaban J connectivity index is 0.938. The summed E-state index contributed by atoms with van der Waals surface area (Å²) < 4.78 is 9.73. The van der Waals surface area contributed by atoms with Crippen LogP contribution >= 0.6 is 0 Å². The number of allylic oxidation sites excluding steroid dienone is 3. The quantitative estimate of drug-likeness (QED) is 0.0911. The molecule has 8 rings (SSSR count).